The number of halogens is 4. The highest BCUT2D eigenvalue weighted by Crippen LogP contribution is 2.42. The molecule has 228 valence electrons. The van der Waals surface area contributed by atoms with Gasteiger partial charge < -0.3 is 25.6 Å². The molecule has 1 aliphatic rings. The number of nitrogens with two attached hydrogens (primary N) is 1. The molecule has 0 radical (unpaired) electrons. The number of anilines is 2. The molecule has 3 amide bonds. The van der Waals surface area contributed by atoms with E-state index in [1.54, 1.807) is 30.3 Å². The predicted octanol–water partition coefficient (Wildman–Crippen LogP) is 5.51. The molecule has 12 heteroatoms. The first-order chi connectivity index (χ1) is 20.9. The Labute approximate surface area is 256 Å². The second kappa shape index (κ2) is 12.2. The van der Waals surface area contributed by atoms with Crippen LogP contribution in [0.3, 0.4) is 0 Å². The van der Waals surface area contributed by atoms with E-state index in [1.807, 2.05) is 0 Å². The highest BCUT2D eigenvalue weighted by Gasteiger charge is 2.49. The molecule has 0 fully saturated rings. The summed E-state index contributed by atoms with van der Waals surface area (Å²) >= 11 is 6.39. The van der Waals surface area contributed by atoms with Crippen LogP contribution >= 0.6 is 11.6 Å². The van der Waals surface area contributed by atoms with Crippen LogP contribution in [-0.2, 0) is 16.1 Å². The number of nitrogens with one attached hydrogen (secondary N) is 1. The van der Waals surface area contributed by atoms with Gasteiger partial charge in [-0.2, -0.15) is 8.78 Å². The fourth-order valence-electron chi connectivity index (χ4n) is 5.45. The summed E-state index contributed by atoms with van der Waals surface area (Å²) in [5.41, 5.74) is 4.97. The van der Waals surface area contributed by atoms with Gasteiger partial charge in [0.1, 0.15) is 17.1 Å². The van der Waals surface area contributed by atoms with E-state index in [4.69, 9.17) is 22.1 Å². The van der Waals surface area contributed by atoms with Gasteiger partial charge >= 0.3 is 6.61 Å². The van der Waals surface area contributed by atoms with Crippen LogP contribution < -0.4 is 25.6 Å². The van der Waals surface area contributed by atoms with Gasteiger partial charge in [-0.05, 0) is 73.3 Å². The molecule has 0 spiro atoms. The number of hydrogen-bond acceptors (Lipinski definition) is 5. The molecule has 0 saturated heterocycles. The molecule has 5 rings (SSSR count). The molecule has 3 N–H and O–H groups in total. The molecule has 1 heterocycles. The van der Waals surface area contributed by atoms with Crippen molar-refractivity contribution in [3.05, 3.63) is 101 Å². The van der Waals surface area contributed by atoms with Crippen LogP contribution in [0.2, 0.25) is 5.02 Å². The lowest BCUT2D eigenvalue weighted by Crippen LogP contribution is -2.63. The Hall–Kier alpha value is -4.61. The van der Waals surface area contributed by atoms with Gasteiger partial charge in [0.25, 0.3) is 5.91 Å². The van der Waals surface area contributed by atoms with E-state index in [9.17, 15) is 27.6 Å². The first kappa shape index (κ1) is 30.8. The summed E-state index contributed by atoms with van der Waals surface area (Å²) in [5.74, 6) is -4.03. The summed E-state index contributed by atoms with van der Waals surface area (Å²) in [6, 6.07) is 19.5. The van der Waals surface area contributed by atoms with Gasteiger partial charge in [0.15, 0.2) is 0 Å². The molecular weight excluding hydrogens is 597 g/mol. The minimum absolute atomic E-state index is 0.115. The van der Waals surface area contributed by atoms with Crippen molar-refractivity contribution in [3.63, 3.8) is 0 Å². The number of hydrogen-bond donors (Lipinski definition) is 2. The molecule has 0 aliphatic carbocycles. The van der Waals surface area contributed by atoms with Crippen LogP contribution in [-0.4, -0.2) is 43.5 Å². The lowest BCUT2D eigenvalue weighted by Gasteiger charge is -2.36. The van der Waals surface area contributed by atoms with Gasteiger partial charge in [0.05, 0.1) is 23.8 Å². The average molecular weight is 625 g/mol. The highest BCUT2D eigenvalue weighted by atomic mass is 35.5. The van der Waals surface area contributed by atoms with E-state index in [0.29, 0.717) is 10.8 Å². The molecule has 2 atom stereocenters. The molecular formula is C32H28ClF3N4O4. The van der Waals surface area contributed by atoms with Gasteiger partial charge in [0.2, 0.25) is 11.8 Å². The van der Waals surface area contributed by atoms with Crippen LogP contribution in [0.15, 0.2) is 78.9 Å². The van der Waals surface area contributed by atoms with Crippen LogP contribution in [0.5, 0.6) is 5.75 Å². The fourth-order valence-corrected chi connectivity index (χ4v) is 5.62. The smallest absolute Gasteiger partial charge is 0.387 e. The van der Waals surface area contributed by atoms with E-state index in [-0.39, 0.29) is 46.4 Å². The van der Waals surface area contributed by atoms with Crippen molar-refractivity contribution >= 4 is 51.5 Å². The molecule has 4 aromatic rings. The summed E-state index contributed by atoms with van der Waals surface area (Å²) in [6.45, 7) is -2.29. The predicted molar refractivity (Wildman–Crippen MR) is 161 cm³/mol. The Kier molecular flexibility index (Phi) is 8.53. The van der Waals surface area contributed by atoms with E-state index in [1.165, 1.54) is 60.2 Å². The maximum Gasteiger partial charge on any atom is 0.387 e. The van der Waals surface area contributed by atoms with Crippen LogP contribution in [0, 0.1) is 11.7 Å². The number of nitrogens with zero attached hydrogens (tertiary/aromatic N) is 2. The number of amides is 3. The minimum Gasteiger partial charge on any atom is -0.434 e. The Morgan fingerprint density at radius 1 is 1.07 bits per heavy atom. The Bertz CT molecular complexity index is 1750. The zero-order valence-corrected chi connectivity index (χ0v) is 24.4. The van der Waals surface area contributed by atoms with Crippen LogP contribution in [0.4, 0.5) is 24.5 Å². The number of likely N-dealkylation sites (N-methyl/N-ethyl adjacent to an activating group) is 1. The molecule has 44 heavy (non-hydrogen) atoms. The largest absolute Gasteiger partial charge is 0.434 e. The minimum atomic E-state index is -3.14. The zero-order chi connectivity index (χ0) is 31.8. The van der Waals surface area contributed by atoms with Crippen LogP contribution in [0.25, 0.3) is 10.8 Å². The SMILES string of the molecule is CNC(C)(C(N)=O)[C@@H]1CN(C(=O)c2ccc(F)cc2)c2cc(Cl)ccc2N(Cc2c(OC(F)F)ccc3ccccc23)C1=O. The first-order valence-corrected chi connectivity index (χ1v) is 13.9. The van der Waals surface area contributed by atoms with E-state index < -0.39 is 41.6 Å². The van der Waals surface area contributed by atoms with E-state index in [2.05, 4.69) is 5.32 Å². The normalized spacial score (nSPS) is 16.4. The number of benzene rings is 4. The van der Waals surface area contributed by atoms with Gasteiger partial charge in [-0.25, -0.2) is 4.39 Å². The molecule has 1 aliphatic heterocycles. The number of rotatable bonds is 8. The number of ether oxygens (including phenoxy) is 1. The van der Waals surface area contributed by atoms with Crippen molar-refractivity contribution < 1.29 is 32.3 Å². The van der Waals surface area contributed by atoms with Gasteiger partial charge in [-0.3, -0.25) is 14.4 Å². The van der Waals surface area contributed by atoms with Crippen molar-refractivity contribution in [3.8, 4) is 5.75 Å². The number of fused-ring (bicyclic) bond motifs is 2. The molecule has 0 bridgehead atoms. The molecule has 1 unspecified atom stereocenters. The van der Waals surface area contributed by atoms with Crippen molar-refractivity contribution in [1.29, 1.82) is 0 Å². The second-order valence-electron chi connectivity index (χ2n) is 10.5. The van der Waals surface area contributed by atoms with Gasteiger partial charge in [0, 0.05) is 22.7 Å². The molecule has 0 saturated carbocycles. The zero-order valence-electron chi connectivity index (χ0n) is 23.7. The summed E-state index contributed by atoms with van der Waals surface area (Å²) in [5, 5.41) is 4.35. The maximum atomic E-state index is 14.6. The second-order valence-corrected chi connectivity index (χ2v) is 10.9. The first-order valence-electron chi connectivity index (χ1n) is 13.6. The van der Waals surface area contributed by atoms with Crippen molar-refractivity contribution in [1.82, 2.24) is 5.32 Å². The third-order valence-electron chi connectivity index (χ3n) is 8.04. The molecule has 0 aromatic heterocycles. The van der Waals surface area contributed by atoms with Gasteiger partial charge in [-0.15, -0.1) is 0 Å². The number of carbonyl (C=O) groups is 3. The lowest BCUT2D eigenvalue weighted by molar-refractivity contribution is -0.133. The Morgan fingerprint density at radius 3 is 2.43 bits per heavy atom. The van der Waals surface area contributed by atoms with Gasteiger partial charge in [-0.1, -0.05) is 41.9 Å². The van der Waals surface area contributed by atoms with E-state index in [0.717, 1.165) is 12.1 Å². The summed E-state index contributed by atoms with van der Waals surface area (Å²) in [6.07, 6.45) is 0. The topological polar surface area (TPSA) is 105 Å². The monoisotopic (exact) mass is 624 g/mol. The number of primary amides is 1. The lowest BCUT2D eigenvalue weighted by atomic mass is 9.83. The van der Waals surface area contributed by atoms with E-state index >= 15 is 0 Å². The number of carbonyl (C=O) groups excluding carboxylic acids is 3. The van der Waals surface area contributed by atoms with Crippen LogP contribution in [0.1, 0.15) is 22.8 Å². The quantitative estimate of drug-likeness (QED) is 0.269. The van der Waals surface area contributed by atoms with Crippen molar-refractivity contribution in [2.24, 2.45) is 11.7 Å². The maximum absolute atomic E-state index is 14.6. The van der Waals surface area contributed by atoms with Crippen molar-refractivity contribution in [2.45, 2.75) is 25.6 Å². The van der Waals surface area contributed by atoms with Crippen molar-refractivity contribution in [2.75, 3.05) is 23.4 Å². The standard InChI is InChI=1S/C32H28ClF3N4O4/c1-32(38-2,30(37)43)24-17-40(28(41)19-7-11-21(34)12-8-19)26-15-20(33)10-13-25(26)39(29(24)42)16-23-22-6-4-3-5-18(22)9-14-27(23)44-31(35)36/h3-15,24,31,38H,16-17H2,1-2H3,(H2,37,43)/t24-,32?/m1/s1. The summed E-state index contributed by atoms with van der Waals surface area (Å²) in [7, 11) is 1.46. The molecule has 8 nitrogen and oxygen atoms in total. The third kappa shape index (κ3) is 5.68. The summed E-state index contributed by atoms with van der Waals surface area (Å²) < 4.78 is 45.7. The summed E-state index contributed by atoms with van der Waals surface area (Å²) in [4.78, 5) is 44.0. The Morgan fingerprint density at radius 2 is 1.77 bits per heavy atom. The highest BCUT2D eigenvalue weighted by molar-refractivity contribution is 6.31. The molecule has 4 aromatic carbocycles. The Balaban J connectivity index is 1.75. The average Bonchev–Trinajstić information content (AvgIpc) is 3.11. The third-order valence-corrected chi connectivity index (χ3v) is 8.28. The fraction of sp³-hybridized carbons (Fsp3) is 0.219. The number of alkyl halides is 2.